The molecule has 1 saturated carbocycles. The van der Waals surface area contributed by atoms with Gasteiger partial charge < -0.3 is 15.5 Å². The third-order valence-corrected chi connectivity index (χ3v) is 3.92. The summed E-state index contributed by atoms with van der Waals surface area (Å²) in [6.45, 7) is 5.79. The molecule has 0 bridgehead atoms. The van der Waals surface area contributed by atoms with Crippen LogP contribution < -0.4 is 10.6 Å². The van der Waals surface area contributed by atoms with Gasteiger partial charge in [-0.25, -0.2) is 0 Å². The summed E-state index contributed by atoms with van der Waals surface area (Å²) >= 11 is 0. The van der Waals surface area contributed by atoms with E-state index in [4.69, 9.17) is 0 Å². The Kier molecular flexibility index (Phi) is 5.40. The smallest absolute Gasteiger partial charge is 0.243 e. The fourth-order valence-electron chi connectivity index (χ4n) is 2.64. The third kappa shape index (κ3) is 4.47. The van der Waals surface area contributed by atoms with Crippen LogP contribution in [0.1, 0.15) is 52.4 Å². The molecule has 2 amide bonds. The normalized spacial score (nSPS) is 22.4. The van der Waals surface area contributed by atoms with E-state index >= 15 is 0 Å². The molecule has 0 aromatic carbocycles. The van der Waals surface area contributed by atoms with Crippen LogP contribution >= 0.6 is 0 Å². The molecule has 20 heavy (non-hydrogen) atoms. The van der Waals surface area contributed by atoms with Crippen molar-refractivity contribution >= 4 is 11.8 Å². The summed E-state index contributed by atoms with van der Waals surface area (Å²) in [5.74, 6) is 0.183. The van der Waals surface area contributed by atoms with E-state index in [2.05, 4.69) is 24.5 Å². The van der Waals surface area contributed by atoms with Gasteiger partial charge in [-0.15, -0.1) is 0 Å². The number of nitrogens with zero attached hydrogens (tertiary/aromatic N) is 1. The lowest BCUT2D eigenvalue weighted by atomic mass is 10.2. The molecule has 2 aliphatic rings. The minimum absolute atomic E-state index is 0.0543. The molecule has 2 fully saturated rings. The van der Waals surface area contributed by atoms with E-state index in [0.29, 0.717) is 18.5 Å². The van der Waals surface area contributed by atoms with Crippen LogP contribution in [0.3, 0.4) is 0 Å². The van der Waals surface area contributed by atoms with Gasteiger partial charge in [-0.3, -0.25) is 9.59 Å². The van der Waals surface area contributed by atoms with Crippen LogP contribution in [0.5, 0.6) is 0 Å². The first-order valence-corrected chi connectivity index (χ1v) is 7.91. The molecule has 1 aliphatic carbocycles. The quantitative estimate of drug-likeness (QED) is 0.685. The molecule has 5 heteroatoms. The second-order valence-electron chi connectivity index (χ2n) is 6.24. The van der Waals surface area contributed by atoms with E-state index in [-0.39, 0.29) is 17.9 Å². The highest BCUT2D eigenvalue weighted by atomic mass is 16.2. The third-order valence-electron chi connectivity index (χ3n) is 3.92. The molecule has 0 aromatic rings. The Morgan fingerprint density at radius 2 is 2.00 bits per heavy atom. The Hall–Kier alpha value is -1.10. The maximum absolute atomic E-state index is 12.2. The SMILES string of the molecule is CC(C)NCCCC(=O)N1CCCC1C(=O)NC1CC1. The van der Waals surface area contributed by atoms with Crippen molar-refractivity contribution in [2.24, 2.45) is 0 Å². The molecule has 1 aliphatic heterocycles. The summed E-state index contributed by atoms with van der Waals surface area (Å²) in [4.78, 5) is 26.1. The second-order valence-corrected chi connectivity index (χ2v) is 6.24. The van der Waals surface area contributed by atoms with Gasteiger partial charge in [0.25, 0.3) is 0 Å². The van der Waals surface area contributed by atoms with E-state index in [1.807, 2.05) is 0 Å². The number of likely N-dealkylation sites (tertiary alicyclic amines) is 1. The highest BCUT2D eigenvalue weighted by Gasteiger charge is 2.35. The molecular weight excluding hydrogens is 254 g/mol. The first kappa shape index (κ1) is 15.3. The summed E-state index contributed by atoms with van der Waals surface area (Å²) in [5, 5.41) is 6.33. The van der Waals surface area contributed by atoms with Crippen LogP contribution in [-0.4, -0.2) is 47.9 Å². The van der Waals surface area contributed by atoms with E-state index in [1.165, 1.54) is 0 Å². The largest absolute Gasteiger partial charge is 0.352 e. The van der Waals surface area contributed by atoms with Gasteiger partial charge >= 0.3 is 0 Å². The topological polar surface area (TPSA) is 61.4 Å². The second kappa shape index (κ2) is 7.07. The summed E-state index contributed by atoms with van der Waals surface area (Å²) in [7, 11) is 0. The molecule has 2 rings (SSSR count). The van der Waals surface area contributed by atoms with Crippen molar-refractivity contribution in [3.8, 4) is 0 Å². The van der Waals surface area contributed by atoms with E-state index < -0.39 is 0 Å². The van der Waals surface area contributed by atoms with Gasteiger partial charge in [0, 0.05) is 25.0 Å². The lowest BCUT2D eigenvalue weighted by molar-refractivity contribution is -0.138. The lowest BCUT2D eigenvalue weighted by Crippen LogP contribution is -2.46. The van der Waals surface area contributed by atoms with Crippen molar-refractivity contribution < 1.29 is 9.59 Å². The van der Waals surface area contributed by atoms with Crippen molar-refractivity contribution in [2.75, 3.05) is 13.1 Å². The zero-order chi connectivity index (χ0) is 14.5. The molecule has 1 atom stereocenters. The molecule has 1 heterocycles. The van der Waals surface area contributed by atoms with Gasteiger partial charge in [0.1, 0.15) is 6.04 Å². The Morgan fingerprint density at radius 1 is 1.25 bits per heavy atom. The molecule has 1 saturated heterocycles. The fraction of sp³-hybridized carbons (Fsp3) is 0.867. The number of carbonyl (C=O) groups is 2. The van der Waals surface area contributed by atoms with Crippen LogP contribution in [0.4, 0.5) is 0 Å². The zero-order valence-electron chi connectivity index (χ0n) is 12.7. The highest BCUT2D eigenvalue weighted by molar-refractivity contribution is 5.88. The Balaban J connectivity index is 1.74. The fourth-order valence-corrected chi connectivity index (χ4v) is 2.64. The average molecular weight is 281 g/mol. The number of rotatable bonds is 7. The van der Waals surface area contributed by atoms with Crippen LogP contribution in [0.15, 0.2) is 0 Å². The van der Waals surface area contributed by atoms with Gasteiger partial charge in [-0.05, 0) is 38.6 Å². The number of hydrogen-bond donors (Lipinski definition) is 2. The average Bonchev–Trinajstić information content (AvgIpc) is 3.07. The maximum Gasteiger partial charge on any atom is 0.243 e. The molecule has 0 aromatic heterocycles. The van der Waals surface area contributed by atoms with Gasteiger partial charge in [0.15, 0.2) is 0 Å². The summed E-state index contributed by atoms with van der Waals surface area (Å²) in [6.07, 6.45) is 5.31. The summed E-state index contributed by atoms with van der Waals surface area (Å²) < 4.78 is 0. The first-order chi connectivity index (χ1) is 9.58. The predicted octanol–water partition coefficient (Wildman–Crippen LogP) is 1.03. The number of carbonyl (C=O) groups excluding carboxylic acids is 2. The van der Waals surface area contributed by atoms with Crippen molar-refractivity contribution in [1.29, 1.82) is 0 Å². The van der Waals surface area contributed by atoms with Crippen LogP contribution in [0.2, 0.25) is 0 Å². The molecule has 114 valence electrons. The molecule has 0 spiro atoms. The molecule has 2 N–H and O–H groups in total. The van der Waals surface area contributed by atoms with Crippen molar-refractivity contribution in [3.05, 3.63) is 0 Å². The van der Waals surface area contributed by atoms with Gasteiger partial charge in [0.2, 0.25) is 11.8 Å². The molecule has 0 radical (unpaired) electrons. The first-order valence-electron chi connectivity index (χ1n) is 7.91. The summed E-state index contributed by atoms with van der Waals surface area (Å²) in [6, 6.07) is 0.602. The minimum Gasteiger partial charge on any atom is -0.352 e. The monoisotopic (exact) mass is 281 g/mol. The van der Waals surface area contributed by atoms with Crippen LogP contribution in [0.25, 0.3) is 0 Å². The molecular formula is C15H27N3O2. The standard InChI is InChI=1S/C15H27N3O2/c1-11(2)16-9-3-6-14(19)18-10-4-5-13(18)15(20)17-12-7-8-12/h11-13,16H,3-10H2,1-2H3,(H,17,20). The highest BCUT2D eigenvalue weighted by Crippen LogP contribution is 2.23. The Morgan fingerprint density at radius 3 is 2.65 bits per heavy atom. The van der Waals surface area contributed by atoms with Gasteiger partial charge in [-0.1, -0.05) is 13.8 Å². The van der Waals surface area contributed by atoms with Crippen LogP contribution in [-0.2, 0) is 9.59 Å². The Bertz CT molecular complexity index is 353. The number of amides is 2. The predicted molar refractivity (Wildman–Crippen MR) is 78.3 cm³/mol. The maximum atomic E-state index is 12.2. The van der Waals surface area contributed by atoms with Crippen molar-refractivity contribution in [2.45, 2.75) is 70.5 Å². The van der Waals surface area contributed by atoms with E-state index in [0.717, 1.165) is 45.2 Å². The van der Waals surface area contributed by atoms with E-state index in [9.17, 15) is 9.59 Å². The van der Waals surface area contributed by atoms with Crippen molar-refractivity contribution in [1.82, 2.24) is 15.5 Å². The minimum atomic E-state index is -0.221. The van der Waals surface area contributed by atoms with E-state index in [1.54, 1.807) is 4.90 Å². The van der Waals surface area contributed by atoms with Gasteiger partial charge in [-0.2, -0.15) is 0 Å². The van der Waals surface area contributed by atoms with Gasteiger partial charge in [0.05, 0.1) is 0 Å². The number of nitrogens with one attached hydrogen (secondary N) is 2. The zero-order valence-corrected chi connectivity index (χ0v) is 12.7. The number of hydrogen-bond acceptors (Lipinski definition) is 3. The lowest BCUT2D eigenvalue weighted by Gasteiger charge is -2.24. The van der Waals surface area contributed by atoms with Crippen molar-refractivity contribution in [3.63, 3.8) is 0 Å². The molecule has 1 unspecified atom stereocenters. The van der Waals surface area contributed by atoms with Crippen LogP contribution in [0, 0.1) is 0 Å². The molecule has 5 nitrogen and oxygen atoms in total. The Labute approximate surface area is 121 Å². The summed E-state index contributed by atoms with van der Waals surface area (Å²) in [5.41, 5.74) is 0.